The van der Waals surface area contributed by atoms with Crippen molar-refractivity contribution in [2.75, 3.05) is 7.11 Å². The van der Waals surface area contributed by atoms with Crippen molar-refractivity contribution in [2.24, 2.45) is 5.73 Å². The number of carbonyl (C=O) groups excluding carboxylic acids is 1. The predicted molar refractivity (Wildman–Crippen MR) is 170 cm³/mol. The number of hydrogen-bond donors (Lipinski definition) is 1. The monoisotopic (exact) mass is 594 g/mol. The molecule has 0 radical (unpaired) electrons. The number of benzene rings is 5. The van der Waals surface area contributed by atoms with E-state index in [9.17, 15) is 10.1 Å². The molecular formula is C38H30N2O5. The number of ether oxygens (including phenoxy) is 4. The Labute approximate surface area is 261 Å². The first-order valence-corrected chi connectivity index (χ1v) is 14.4. The lowest BCUT2D eigenvalue weighted by Crippen LogP contribution is -2.22. The minimum atomic E-state index is -0.623. The molecule has 7 heteroatoms. The van der Waals surface area contributed by atoms with Crippen LogP contribution in [-0.2, 0) is 11.4 Å². The first kappa shape index (κ1) is 29.1. The van der Waals surface area contributed by atoms with E-state index in [1.54, 1.807) is 25.3 Å². The molecular weight excluding hydrogens is 564 g/mol. The molecule has 0 bridgehead atoms. The molecule has 5 aromatic rings. The Morgan fingerprint density at radius 1 is 0.844 bits per heavy atom. The molecule has 1 aliphatic rings. The van der Waals surface area contributed by atoms with Gasteiger partial charge in [0, 0.05) is 11.6 Å². The summed E-state index contributed by atoms with van der Waals surface area (Å²) in [7, 11) is 1.57. The van der Waals surface area contributed by atoms with Crippen molar-refractivity contribution >= 4 is 5.97 Å². The van der Waals surface area contributed by atoms with Crippen LogP contribution in [0.5, 0.6) is 23.0 Å². The molecule has 2 N–H and O–H groups in total. The van der Waals surface area contributed by atoms with Gasteiger partial charge in [-0.1, -0.05) is 103 Å². The van der Waals surface area contributed by atoms with E-state index >= 15 is 0 Å². The smallest absolute Gasteiger partial charge is 0.323 e. The molecule has 1 unspecified atom stereocenters. The lowest BCUT2D eigenvalue weighted by atomic mass is 9.83. The lowest BCUT2D eigenvalue weighted by Gasteiger charge is -2.27. The Morgan fingerprint density at radius 2 is 1.49 bits per heavy atom. The second-order valence-corrected chi connectivity index (χ2v) is 10.5. The number of fused-ring (bicyclic) bond motifs is 1. The van der Waals surface area contributed by atoms with Gasteiger partial charge in [-0.05, 0) is 40.5 Å². The maximum Gasteiger partial charge on any atom is 0.323 e. The molecule has 0 amide bonds. The van der Waals surface area contributed by atoms with E-state index in [4.69, 9.17) is 24.7 Å². The fourth-order valence-corrected chi connectivity index (χ4v) is 5.49. The normalized spacial score (nSPS) is 13.8. The van der Waals surface area contributed by atoms with Gasteiger partial charge in [-0.3, -0.25) is 4.79 Å². The summed E-state index contributed by atoms with van der Waals surface area (Å²) in [6.45, 7) is 0.379. The fraction of sp³-hybridized carbons (Fsp3) is 0.105. The number of nitrogens with two attached hydrogens (primary N) is 1. The Morgan fingerprint density at radius 3 is 2.11 bits per heavy atom. The number of carbonyl (C=O) groups is 1. The van der Waals surface area contributed by atoms with Crippen LogP contribution in [0, 0.1) is 11.3 Å². The molecule has 1 atom stereocenters. The van der Waals surface area contributed by atoms with Gasteiger partial charge >= 0.3 is 5.97 Å². The number of nitrogens with zero attached hydrogens (tertiary/aromatic N) is 1. The minimum absolute atomic E-state index is 0.0201. The Balaban J connectivity index is 1.29. The molecule has 0 saturated heterocycles. The Kier molecular flexibility index (Phi) is 8.47. The third-order valence-corrected chi connectivity index (χ3v) is 7.67. The van der Waals surface area contributed by atoms with E-state index < -0.39 is 17.8 Å². The minimum Gasteiger partial charge on any atom is -0.493 e. The van der Waals surface area contributed by atoms with Crippen LogP contribution in [0.3, 0.4) is 0 Å². The molecule has 222 valence electrons. The van der Waals surface area contributed by atoms with Gasteiger partial charge in [0.25, 0.3) is 0 Å². The average Bonchev–Trinajstić information content (AvgIpc) is 3.08. The van der Waals surface area contributed by atoms with Crippen LogP contribution >= 0.6 is 0 Å². The van der Waals surface area contributed by atoms with Crippen molar-refractivity contribution < 1.29 is 23.7 Å². The van der Waals surface area contributed by atoms with Crippen molar-refractivity contribution in [3.05, 3.63) is 167 Å². The average molecular weight is 595 g/mol. The summed E-state index contributed by atoms with van der Waals surface area (Å²) in [6, 6.07) is 41.7. The van der Waals surface area contributed by atoms with Gasteiger partial charge in [0.15, 0.2) is 11.5 Å². The highest BCUT2D eigenvalue weighted by molar-refractivity contribution is 5.84. The Hall–Kier alpha value is -6.00. The van der Waals surface area contributed by atoms with Crippen molar-refractivity contribution in [1.29, 1.82) is 5.26 Å². The molecule has 0 aromatic heterocycles. The molecule has 1 aliphatic heterocycles. The zero-order chi connectivity index (χ0) is 31.2. The zero-order valence-electron chi connectivity index (χ0n) is 24.6. The third-order valence-electron chi connectivity index (χ3n) is 7.67. The van der Waals surface area contributed by atoms with Gasteiger partial charge in [0.1, 0.15) is 35.7 Å². The highest BCUT2D eigenvalue weighted by Gasteiger charge is 2.32. The summed E-state index contributed by atoms with van der Waals surface area (Å²) in [4.78, 5) is 13.6. The SMILES string of the molecule is COc1cc(C2C(C#N)=C(N)Oc3cc(OC(=O)C(c4ccccc4)c4ccccc4)ccc32)ccc1OCc1ccccc1. The lowest BCUT2D eigenvalue weighted by molar-refractivity contribution is -0.135. The summed E-state index contributed by atoms with van der Waals surface area (Å²) >= 11 is 0. The molecule has 0 aliphatic carbocycles. The summed E-state index contributed by atoms with van der Waals surface area (Å²) in [5, 5.41) is 10.1. The second-order valence-electron chi connectivity index (χ2n) is 10.5. The van der Waals surface area contributed by atoms with Gasteiger partial charge in [-0.25, -0.2) is 0 Å². The molecule has 6 rings (SSSR count). The molecule has 5 aromatic carbocycles. The summed E-state index contributed by atoms with van der Waals surface area (Å²) in [6.07, 6.45) is 0. The first-order chi connectivity index (χ1) is 22.1. The van der Waals surface area contributed by atoms with Crippen LogP contribution in [0.25, 0.3) is 0 Å². The molecule has 7 nitrogen and oxygen atoms in total. The highest BCUT2D eigenvalue weighted by atomic mass is 16.5. The second kappa shape index (κ2) is 13.1. The van der Waals surface area contributed by atoms with E-state index in [2.05, 4.69) is 6.07 Å². The summed E-state index contributed by atoms with van der Waals surface area (Å²) in [5.41, 5.74) is 10.7. The molecule has 1 heterocycles. The first-order valence-electron chi connectivity index (χ1n) is 14.4. The van der Waals surface area contributed by atoms with Crippen LogP contribution < -0.4 is 24.7 Å². The predicted octanol–water partition coefficient (Wildman–Crippen LogP) is 7.23. The number of allylic oxidation sites excluding steroid dienone is 1. The quantitative estimate of drug-likeness (QED) is 0.142. The standard InChI is InChI=1S/C38H30N2O5/c1-42-34-21-28(17-20-32(34)43-24-25-11-5-2-6-12-25)36-30-19-18-29(22-33(30)45-37(40)31(36)23-39)44-38(41)35(26-13-7-3-8-14-26)27-15-9-4-10-16-27/h2-22,35-36H,24,40H2,1H3. The van der Waals surface area contributed by atoms with Gasteiger partial charge in [-0.2, -0.15) is 5.26 Å². The zero-order valence-corrected chi connectivity index (χ0v) is 24.6. The van der Waals surface area contributed by atoms with Crippen LogP contribution in [0.1, 0.15) is 39.7 Å². The maximum atomic E-state index is 13.6. The van der Waals surface area contributed by atoms with Crippen LogP contribution in [0.4, 0.5) is 0 Å². The number of methoxy groups -OCH3 is 1. The van der Waals surface area contributed by atoms with Crippen molar-refractivity contribution in [3.8, 4) is 29.1 Å². The maximum absolute atomic E-state index is 13.6. The molecule has 0 spiro atoms. The molecule has 0 fully saturated rings. The third kappa shape index (κ3) is 6.22. The van der Waals surface area contributed by atoms with Crippen molar-refractivity contribution in [1.82, 2.24) is 0 Å². The Bertz CT molecular complexity index is 1840. The van der Waals surface area contributed by atoms with Gasteiger partial charge in [0.05, 0.1) is 13.0 Å². The number of esters is 1. The van der Waals surface area contributed by atoms with Crippen molar-refractivity contribution in [2.45, 2.75) is 18.4 Å². The van der Waals surface area contributed by atoms with E-state index in [0.717, 1.165) is 22.3 Å². The largest absolute Gasteiger partial charge is 0.493 e. The highest BCUT2D eigenvalue weighted by Crippen LogP contribution is 2.45. The van der Waals surface area contributed by atoms with E-state index in [1.807, 2.05) is 109 Å². The van der Waals surface area contributed by atoms with Gasteiger partial charge in [-0.15, -0.1) is 0 Å². The van der Waals surface area contributed by atoms with Gasteiger partial charge < -0.3 is 24.7 Å². The van der Waals surface area contributed by atoms with E-state index in [0.29, 0.717) is 35.2 Å². The topological polar surface area (TPSA) is 104 Å². The number of nitriles is 1. The van der Waals surface area contributed by atoms with Crippen LogP contribution in [-0.4, -0.2) is 13.1 Å². The molecule has 0 saturated carbocycles. The summed E-state index contributed by atoms with van der Waals surface area (Å²) < 4.78 is 23.5. The number of hydrogen-bond acceptors (Lipinski definition) is 7. The van der Waals surface area contributed by atoms with Crippen LogP contribution in [0.15, 0.2) is 139 Å². The number of rotatable bonds is 9. The van der Waals surface area contributed by atoms with Crippen molar-refractivity contribution in [3.63, 3.8) is 0 Å². The van der Waals surface area contributed by atoms with E-state index in [1.165, 1.54) is 0 Å². The fourth-order valence-electron chi connectivity index (χ4n) is 5.49. The van der Waals surface area contributed by atoms with Gasteiger partial charge in [0.2, 0.25) is 5.88 Å². The summed E-state index contributed by atoms with van der Waals surface area (Å²) in [5.74, 6) is 0.160. The van der Waals surface area contributed by atoms with E-state index in [-0.39, 0.29) is 11.5 Å². The molecule has 45 heavy (non-hydrogen) atoms. The van der Waals surface area contributed by atoms with Crippen LogP contribution in [0.2, 0.25) is 0 Å².